The molecule has 0 aliphatic carbocycles. The smallest absolute Gasteiger partial charge is 0.387 e. The molecule has 9 nitrogen and oxygen atoms in total. The normalized spacial score (nSPS) is 10.8. The lowest BCUT2D eigenvalue weighted by Gasteiger charge is -2.17. The molecule has 0 atom stereocenters. The Hall–Kier alpha value is -3.41. The molecule has 12 heteroatoms. The van der Waals surface area contributed by atoms with Gasteiger partial charge in [-0.1, -0.05) is 12.1 Å². The number of aromatic nitrogens is 4. The summed E-state index contributed by atoms with van der Waals surface area (Å²) >= 11 is 1.14. The topological polar surface area (TPSA) is 99.4 Å². The Balaban J connectivity index is 1.53. The van der Waals surface area contributed by atoms with E-state index in [0.29, 0.717) is 11.3 Å². The predicted molar refractivity (Wildman–Crippen MR) is 96.9 cm³/mol. The number of alkyl halides is 2. The van der Waals surface area contributed by atoms with Crippen LogP contribution in [0.1, 0.15) is 15.2 Å². The third-order valence-electron chi connectivity index (χ3n) is 3.75. The van der Waals surface area contributed by atoms with E-state index in [-0.39, 0.29) is 17.2 Å². The van der Waals surface area contributed by atoms with Crippen molar-refractivity contribution in [1.29, 1.82) is 0 Å². The number of thiophene rings is 1. The van der Waals surface area contributed by atoms with E-state index in [2.05, 4.69) is 20.3 Å². The number of esters is 1. The fourth-order valence-corrected chi connectivity index (χ4v) is 3.12. The lowest BCUT2D eigenvalue weighted by Crippen LogP contribution is -2.30. The SMILES string of the molecule is CN(Cc1ccc(OC(F)F)cc1)C(=O)COC(=O)c1sccc1-n1cnnn1. The molecule has 2 aromatic heterocycles. The van der Waals surface area contributed by atoms with Gasteiger partial charge in [-0.15, -0.1) is 16.4 Å². The maximum Gasteiger partial charge on any atom is 0.387 e. The minimum Gasteiger partial charge on any atom is -0.451 e. The van der Waals surface area contributed by atoms with Crippen LogP contribution in [-0.4, -0.2) is 57.2 Å². The van der Waals surface area contributed by atoms with Crippen LogP contribution in [0.2, 0.25) is 0 Å². The zero-order valence-corrected chi connectivity index (χ0v) is 15.9. The van der Waals surface area contributed by atoms with Crippen molar-refractivity contribution >= 4 is 23.2 Å². The highest BCUT2D eigenvalue weighted by atomic mass is 32.1. The molecule has 1 aromatic carbocycles. The van der Waals surface area contributed by atoms with Crippen molar-refractivity contribution in [1.82, 2.24) is 25.1 Å². The number of hydrogen-bond acceptors (Lipinski definition) is 8. The fourth-order valence-electron chi connectivity index (χ4n) is 2.35. The van der Waals surface area contributed by atoms with E-state index in [1.807, 2.05) is 0 Å². The summed E-state index contributed by atoms with van der Waals surface area (Å²) in [7, 11) is 1.54. The summed E-state index contributed by atoms with van der Waals surface area (Å²) < 4.78 is 35.0. The van der Waals surface area contributed by atoms with Crippen molar-refractivity contribution in [3.63, 3.8) is 0 Å². The van der Waals surface area contributed by atoms with Gasteiger partial charge in [-0.05, 0) is 39.6 Å². The van der Waals surface area contributed by atoms with E-state index in [4.69, 9.17) is 4.74 Å². The van der Waals surface area contributed by atoms with E-state index < -0.39 is 25.1 Å². The maximum atomic E-state index is 12.3. The van der Waals surface area contributed by atoms with E-state index in [9.17, 15) is 18.4 Å². The zero-order valence-electron chi connectivity index (χ0n) is 15.1. The van der Waals surface area contributed by atoms with Crippen LogP contribution in [0.4, 0.5) is 8.78 Å². The molecule has 29 heavy (non-hydrogen) atoms. The predicted octanol–water partition coefficient (Wildman–Crippen LogP) is 2.14. The molecule has 0 N–H and O–H groups in total. The van der Waals surface area contributed by atoms with Crippen molar-refractivity contribution in [3.05, 3.63) is 52.5 Å². The molecule has 0 saturated heterocycles. The molecule has 0 aliphatic rings. The van der Waals surface area contributed by atoms with Crippen molar-refractivity contribution in [2.75, 3.05) is 13.7 Å². The first kappa shape index (κ1) is 20.3. The van der Waals surface area contributed by atoms with Crippen LogP contribution in [0, 0.1) is 0 Å². The molecule has 3 aromatic rings. The molecule has 0 radical (unpaired) electrons. The van der Waals surface area contributed by atoms with Crippen LogP contribution in [0.15, 0.2) is 42.0 Å². The average Bonchev–Trinajstić information content (AvgIpc) is 3.38. The number of amides is 1. The Morgan fingerprint density at radius 3 is 2.66 bits per heavy atom. The molecule has 0 saturated carbocycles. The van der Waals surface area contributed by atoms with Crippen molar-refractivity contribution < 1.29 is 27.8 Å². The minimum atomic E-state index is -2.90. The monoisotopic (exact) mass is 423 g/mol. The largest absolute Gasteiger partial charge is 0.451 e. The number of benzene rings is 1. The maximum absolute atomic E-state index is 12.3. The molecule has 3 rings (SSSR count). The summed E-state index contributed by atoms with van der Waals surface area (Å²) in [4.78, 5) is 26.2. The second-order valence-electron chi connectivity index (χ2n) is 5.74. The first-order chi connectivity index (χ1) is 13.9. The molecule has 0 aliphatic heterocycles. The van der Waals surface area contributed by atoms with Crippen LogP contribution in [0.25, 0.3) is 5.69 Å². The number of ether oxygens (including phenoxy) is 2. The number of rotatable bonds is 8. The fraction of sp³-hybridized carbons (Fsp3) is 0.235. The van der Waals surface area contributed by atoms with Crippen LogP contribution in [-0.2, 0) is 16.1 Å². The number of hydrogen-bond donors (Lipinski definition) is 0. The van der Waals surface area contributed by atoms with Gasteiger partial charge in [0.1, 0.15) is 17.0 Å². The Morgan fingerprint density at radius 2 is 2.00 bits per heavy atom. The average molecular weight is 423 g/mol. The van der Waals surface area contributed by atoms with Gasteiger partial charge in [0.15, 0.2) is 6.61 Å². The van der Waals surface area contributed by atoms with E-state index in [0.717, 1.165) is 11.3 Å². The Kier molecular flexibility index (Phi) is 6.44. The molecule has 2 heterocycles. The molecular formula is C17H15F2N5O4S. The van der Waals surface area contributed by atoms with Gasteiger partial charge in [-0.25, -0.2) is 4.79 Å². The first-order valence-corrected chi connectivity index (χ1v) is 9.07. The van der Waals surface area contributed by atoms with Gasteiger partial charge >= 0.3 is 12.6 Å². The van der Waals surface area contributed by atoms with Crippen molar-refractivity contribution in [2.24, 2.45) is 0 Å². The van der Waals surface area contributed by atoms with Gasteiger partial charge in [-0.2, -0.15) is 13.5 Å². The second-order valence-corrected chi connectivity index (χ2v) is 6.65. The number of tetrazole rings is 1. The zero-order chi connectivity index (χ0) is 20.8. The van der Waals surface area contributed by atoms with E-state index in [1.54, 1.807) is 23.6 Å². The highest BCUT2D eigenvalue weighted by molar-refractivity contribution is 7.12. The van der Waals surface area contributed by atoms with Gasteiger partial charge in [0.2, 0.25) is 0 Å². The quantitative estimate of drug-likeness (QED) is 0.512. The lowest BCUT2D eigenvalue weighted by atomic mass is 10.2. The summed E-state index contributed by atoms with van der Waals surface area (Å²) in [5.41, 5.74) is 1.16. The summed E-state index contributed by atoms with van der Waals surface area (Å²) in [6, 6.07) is 7.57. The second kappa shape index (κ2) is 9.19. The lowest BCUT2D eigenvalue weighted by molar-refractivity contribution is -0.133. The Bertz CT molecular complexity index is 963. The third-order valence-corrected chi connectivity index (χ3v) is 4.63. The summed E-state index contributed by atoms with van der Waals surface area (Å²) in [6.07, 6.45) is 1.34. The van der Waals surface area contributed by atoms with Gasteiger partial charge in [0, 0.05) is 13.6 Å². The highest BCUT2D eigenvalue weighted by Crippen LogP contribution is 2.21. The summed E-state index contributed by atoms with van der Waals surface area (Å²) in [5.74, 6) is -1.06. The van der Waals surface area contributed by atoms with Crippen molar-refractivity contribution in [2.45, 2.75) is 13.2 Å². The van der Waals surface area contributed by atoms with Crippen LogP contribution in [0.3, 0.4) is 0 Å². The number of carbonyl (C=O) groups is 2. The molecule has 0 unspecified atom stereocenters. The van der Waals surface area contributed by atoms with Gasteiger partial charge in [0.25, 0.3) is 5.91 Å². The van der Waals surface area contributed by atoms with Gasteiger partial charge in [0.05, 0.1) is 5.69 Å². The molecule has 0 spiro atoms. The molecular weight excluding hydrogens is 408 g/mol. The van der Waals surface area contributed by atoms with Crippen LogP contribution < -0.4 is 4.74 Å². The third kappa shape index (κ3) is 5.31. The van der Waals surface area contributed by atoms with Crippen LogP contribution >= 0.6 is 11.3 Å². The van der Waals surface area contributed by atoms with E-state index >= 15 is 0 Å². The van der Waals surface area contributed by atoms with E-state index in [1.165, 1.54) is 35.1 Å². The minimum absolute atomic E-state index is 0.0287. The molecule has 1 amide bonds. The Morgan fingerprint density at radius 1 is 1.24 bits per heavy atom. The number of halogens is 2. The standard InChI is InChI=1S/C17H15F2N5O4S/c1-23(8-11-2-4-12(5-3-11)28-17(18)19)14(25)9-27-16(26)15-13(6-7-29-15)24-10-20-21-22-24/h2-7,10,17H,8-9H2,1H3. The Labute approximate surface area is 167 Å². The van der Waals surface area contributed by atoms with Crippen LogP contribution in [0.5, 0.6) is 5.75 Å². The summed E-state index contributed by atoms with van der Waals surface area (Å²) in [5, 5.41) is 12.4. The van der Waals surface area contributed by atoms with Gasteiger partial charge < -0.3 is 14.4 Å². The van der Waals surface area contributed by atoms with Gasteiger partial charge in [-0.3, -0.25) is 4.79 Å². The number of carbonyl (C=O) groups excluding carboxylic acids is 2. The van der Waals surface area contributed by atoms with Crippen molar-refractivity contribution in [3.8, 4) is 11.4 Å². The molecule has 0 fully saturated rings. The number of nitrogens with zero attached hydrogens (tertiary/aromatic N) is 5. The molecule has 152 valence electrons. The highest BCUT2D eigenvalue weighted by Gasteiger charge is 2.19. The summed E-state index contributed by atoms with van der Waals surface area (Å²) in [6.45, 7) is -3.14. The number of likely N-dealkylation sites (N-methyl/N-ethyl adjacent to an activating group) is 1. The first-order valence-electron chi connectivity index (χ1n) is 8.19. The molecule has 0 bridgehead atoms.